The smallest absolute Gasteiger partial charge is 0.318 e. The minimum Gasteiger partial charge on any atom is -0.486 e. The van der Waals surface area contributed by atoms with E-state index < -0.39 is 0 Å². The number of aryl methyl sites for hydroxylation is 1. The quantitative estimate of drug-likeness (QED) is 0.908. The van der Waals surface area contributed by atoms with Crippen LogP contribution in [0.3, 0.4) is 0 Å². The van der Waals surface area contributed by atoms with E-state index in [0.29, 0.717) is 18.9 Å². The predicted molar refractivity (Wildman–Crippen MR) is 93.1 cm³/mol. The SMILES string of the molecule is Cc1cccc(/C=C/NC(=O)NCC2COc3ccccc3O2)c1. The van der Waals surface area contributed by atoms with Crippen LogP contribution < -0.4 is 20.1 Å². The largest absolute Gasteiger partial charge is 0.486 e. The first-order valence-corrected chi connectivity index (χ1v) is 7.87. The van der Waals surface area contributed by atoms with E-state index in [1.807, 2.05) is 61.5 Å². The molecule has 1 atom stereocenters. The zero-order chi connectivity index (χ0) is 16.8. The Balaban J connectivity index is 1.43. The Morgan fingerprint density at radius 1 is 1.21 bits per heavy atom. The maximum absolute atomic E-state index is 11.8. The summed E-state index contributed by atoms with van der Waals surface area (Å²) in [4.78, 5) is 11.8. The van der Waals surface area contributed by atoms with Gasteiger partial charge in [0.15, 0.2) is 17.6 Å². The van der Waals surface area contributed by atoms with Gasteiger partial charge in [0, 0.05) is 6.20 Å². The third-order valence-electron chi connectivity index (χ3n) is 3.59. The second-order valence-corrected chi connectivity index (χ2v) is 5.60. The van der Waals surface area contributed by atoms with Crippen LogP contribution in [0.15, 0.2) is 54.7 Å². The monoisotopic (exact) mass is 324 g/mol. The van der Waals surface area contributed by atoms with Crippen LogP contribution in [0.4, 0.5) is 4.79 Å². The highest BCUT2D eigenvalue weighted by Gasteiger charge is 2.20. The van der Waals surface area contributed by atoms with Gasteiger partial charge in [-0.2, -0.15) is 0 Å². The first kappa shape index (κ1) is 15.9. The molecule has 24 heavy (non-hydrogen) atoms. The van der Waals surface area contributed by atoms with E-state index in [1.165, 1.54) is 5.56 Å². The Morgan fingerprint density at radius 3 is 2.88 bits per heavy atom. The van der Waals surface area contributed by atoms with Gasteiger partial charge < -0.3 is 20.1 Å². The summed E-state index contributed by atoms with van der Waals surface area (Å²) in [7, 11) is 0. The number of carbonyl (C=O) groups is 1. The molecule has 2 aromatic carbocycles. The average molecular weight is 324 g/mol. The fourth-order valence-electron chi connectivity index (χ4n) is 2.41. The first-order valence-electron chi connectivity index (χ1n) is 7.87. The van der Waals surface area contributed by atoms with Gasteiger partial charge in [-0.05, 0) is 30.7 Å². The molecular formula is C19H20N2O3. The zero-order valence-corrected chi connectivity index (χ0v) is 13.5. The number of hydrogen-bond donors (Lipinski definition) is 2. The number of fused-ring (bicyclic) bond motifs is 1. The maximum Gasteiger partial charge on any atom is 0.318 e. The van der Waals surface area contributed by atoms with E-state index in [-0.39, 0.29) is 12.1 Å². The van der Waals surface area contributed by atoms with E-state index in [2.05, 4.69) is 10.6 Å². The number of urea groups is 1. The fraction of sp³-hybridized carbons (Fsp3) is 0.211. The van der Waals surface area contributed by atoms with Crippen molar-refractivity contribution in [2.45, 2.75) is 13.0 Å². The Labute approximate surface area is 141 Å². The van der Waals surface area contributed by atoms with E-state index in [0.717, 1.165) is 11.3 Å². The Bertz CT molecular complexity index is 743. The molecule has 124 valence electrons. The lowest BCUT2D eigenvalue weighted by atomic mass is 10.1. The highest BCUT2D eigenvalue weighted by molar-refractivity contribution is 5.75. The zero-order valence-electron chi connectivity index (χ0n) is 13.5. The van der Waals surface area contributed by atoms with Crippen LogP contribution >= 0.6 is 0 Å². The lowest BCUT2D eigenvalue weighted by Crippen LogP contribution is -2.43. The molecule has 1 aliphatic rings. The van der Waals surface area contributed by atoms with E-state index in [9.17, 15) is 4.79 Å². The van der Waals surface area contributed by atoms with Crippen LogP contribution in [0.2, 0.25) is 0 Å². The fourth-order valence-corrected chi connectivity index (χ4v) is 2.41. The van der Waals surface area contributed by atoms with Gasteiger partial charge in [0.1, 0.15) is 6.61 Å². The maximum atomic E-state index is 11.8. The van der Waals surface area contributed by atoms with Crippen LogP contribution in [0.1, 0.15) is 11.1 Å². The number of amides is 2. The molecule has 5 nitrogen and oxygen atoms in total. The molecule has 1 aliphatic heterocycles. The second kappa shape index (κ2) is 7.55. The number of nitrogens with one attached hydrogen (secondary N) is 2. The summed E-state index contributed by atoms with van der Waals surface area (Å²) >= 11 is 0. The van der Waals surface area contributed by atoms with Crippen LogP contribution in [0.5, 0.6) is 11.5 Å². The second-order valence-electron chi connectivity index (χ2n) is 5.60. The molecule has 0 spiro atoms. The van der Waals surface area contributed by atoms with Crippen LogP contribution in [0, 0.1) is 6.92 Å². The van der Waals surface area contributed by atoms with Gasteiger partial charge >= 0.3 is 6.03 Å². The number of ether oxygens (including phenoxy) is 2. The van der Waals surface area contributed by atoms with Crippen molar-refractivity contribution in [3.8, 4) is 11.5 Å². The molecule has 0 fully saturated rings. The van der Waals surface area contributed by atoms with Crippen molar-refractivity contribution in [2.75, 3.05) is 13.2 Å². The van der Waals surface area contributed by atoms with Gasteiger partial charge in [0.05, 0.1) is 6.54 Å². The minimum absolute atomic E-state index is 0.202. The van der Waals surface area contributed by atoms with Crippen molar-refractivity contribution >= 4 is 12.1 Å². The standard InChI is InChI=1S/C19H20N2O3/c1-14-5-4-6-15(11-14)9-10-20-19(22)21-12-16-13-23-17-7-2-3-8-18(17)24-16/h2-11,16H,12-13H2,1H3,(H2,20,21,22)/b10-9+. The Hall–Kier alpha value is -2.95. The number of rotatable bonds is 4. The summed E-state index contributed by atoms with van der Waals surface area (Å²) in [5.74, 6) is 1.44. The summed E-state index contributed by atoms with van der Waals surface area (Å²) in [5.41, 5.74) is 2.22. The topological polar surface area (TPSA) is 59.6 Å². The summed E-state index contributed by atoms with van der Waals surface area (Å²) in [6.07, 6.45) is 3.27. The Morgan fingerprint density at radius 2 is 2.04 bits per heavy atom. The minimum atomic E-state index is -0.277. The van der Waals surface area contributed by atoms with Gasteiger partial charge in [-0.3, -0.25) is 0 Å². The molecule has 1 unspecified atom stereocenters. The molecule has 0 radical (unpaired) electrons. The summed E-state index contributed by atoms with van der Waals surface area (Å²) in [6.45, 7) is 2.82. The molecular weight excluding hydrogens is 304 g/mol. The van der Waals surface area contributed by atoms with Gasteiger partial charge in [-0.25, -0.2) is 4.79 Å². The molecule has 0 saturated carbocycles. The number of carbonyl (C=O) groups excluding carboxylic acids is 1. The normalized spacial score (nSPS) is 16.0. The molecule has 0 saturated heterocycles. The van der Waals surface area contributed by atoms with Crippen LogP contribution in [-0.4, -0.2) is 25.3 Å². The van der Waals surface area contributed by atoms with E-state index >= 15 is 0 Å². The van der Waals surface area contributed by atoms with Crippen molar-refractivity contribution in [2.24, 2.45) is 0 Å². The predicted octanol–water partition coefficient (Wildman–Crippen LogP) is 3.10. The lowest BCUT2D eigenvalue weighted by molar-refractivity contribution is 0.0919. The summed E-state index contributed by atoms with van der Waals surface area (Å²) in [5, 5.41) is 5.46. The number of para-hydroxylation sites is 2. The van der Waals surface area contributed by atoms with Crippen LogP contribution in [0.25, 0.3) is 6.08 Å². The third kappa shape index (κ3) is 4.29. The highest BCUT2D eigenvalue weighted by Crippen LogP contribution is 2.30. The molecule has 1 heterocycles. The van der Waals surface area contributed by atoms with E-state index in [1.54, 1.807) is 6.20 Å². The molecule has 0 aliphatic carbocycles. The van der Waals surface area contributed by atoms with Crippen molar-refractivity contribution in [3.63, 3.8) is 0 Å². The molecule has 2 aromatic rings. The van der Waals surface area contributed by atoms with Gasteiger partial charge in [0.25, 0.3) is 0 Å². The van der Waals surface area contributed by atoms with Gasteiger partial charge in [-0.15, -0.1) is 0 Å². The molecule has 0 aromatic heterocycles. The molecule has 3 rings (SSSR count). The average Bonchev–Trinajstić information content (AvgIpc) is 2.60. The third-order valence-corrected chi connectivity index (χ3v) is 3.59. The summed E-state index contributed by atoms with van der Waals surface area (Å²) < 4.78 is 11.4. The van der Waals surface area contributed by atoms with Gasteiger partial charge in [-0.1, -0.05) is 42.0 Å². The molecule has 0 bridgehead atoms. The number of hydrogen-bond acceptors (Lipinski definition) is 3. The van der Waals surface area contributed by atoms with Crippen molar-refractivity contribution in [1.29, 1.82) is 0 Å². The number of benzene rings is 2. The van der Waals surface area contributed by atoms with Crippen LogP contribution in [-0.2, 0) is 0 Å². The first-order chi connectivity index (χ1) is 11.7. The molecule has 2 amide bonds. The highest BCUT2D eigenvalue weighted by atomic mass is 16.6. The van der Waals surface area contributed by atoms with Crippen molar-refractivity contribution in [3.05, 3.63) is 65.9 Å². The van der Waals surface area contributed by atoms with Crippen molar-refractivity contribution in [1.82, 2.24) is 10.6 Å². The van der Waals surface area contributed by atoms with E-state index in [4.69, 9.17) is 9.47 Å². The summed E-state index contributed by atoms with van der Waals surface area (Å²) in [6, 6.07) is 15.3. The lowest BCUT2D eigenvalue weighted by Gasteiger charge is -2.26. The molecule has 5 heteroatoms. The van der Waals surface area contributed by atoms with Crippen molar-refractivity contribution < 1.29 is 14.3 Å². The Kier molecular flexibility index (Phi) is 5.01. The molecule has 2 N–H and O–H groups in total. The van der Waals surface area contributed by atoms with Gasteiger partial charge in [0.2, 0.25) is 0 Å².